The van der Waals surface area contributed by atoms with Crippen molar-refractivity contribution < 1.29 is 9.59 Å². The fraction of sp³-hybridized carbons (Fsp3) is 0.429. The van der Waals surface area contributed by atoms with Crippen LogP contribution in [0.15, 0.2) is 22.7 Å². The molecule has 0 bridgehead atoms. The topological polar surface area (TPSA) is 37.4 Å². The zero-order chi connectivity index (χ0) is 13.1. The van der Waals surface area contributed by atoms with Crippen LogP contribution in [0.1, 0.15) is 53.3 Å². The van der Waals surface area contributed by atoms with E-state index in [9.17, 15) is 9.59 Å². The molecule has 4 heteroatoms. The maximum atomic E-state index is 12.1. The molecule has 1 aliphatic rings. The lowest BCUT2D eigenvalue weighted by molar-refractivity contribution is 0.0651. The van der Waals surface area contributed by atoms with Crippen molar-refractivity contribution in [3.8, 4) is 0 Å². The van der Waals surface area contributed by atoms with Gasteiger partial charge in [0.15, 0.2) is 0 Å². The van der Waals surface area contributed by atoms with Crippen LogP contribution in [0.3, 0.4) is 0 Å². The zero-order valence-corrected chi connectivity index (χ0v) is 12.0. The summed E-state index contributed by atoms with van der Waals surface area (Å²) >= 11 is 3.32. The Bertz CT molecular complexity index is 485. The van der Waals surface area contributed by atoms with Gasteiger partial charge in [0, 0.05) is 11.0 Å². The molecule has 2 rings (SSSR count). The molecule has 0 radical (unpaired) electrons. The Kier molecular flexibility index (Phi) is 4.17. The number of amides is 2. The number of unbranched alkanes of at least 4 members (excludes halogenated alkanes) is 3. The summed E-state index contributed by atoms with van der Waals surface area (Å²) in [5.74, 6) is -0.313. The first-order valence-electron chi connectivity index (χ1n) is 6.31. The van der Waals surface area contributed by atoms with Crippen LogP contribution in [0, 0.1) is 0 Å². The molecule has 3 nitrogen and oxygen atoms in total. The van der Waals surface area contributed by atoms with E-state index in [-0.39, 0.29) is 11.8 Å². The number of hydrogen-bond acceptors (Lipinski definition) is 2. The van der Waals surface area contributed by atoms with Crippen LogP contribution >= 0.6 is 15.9 Å². The van der Waals surface area contributed by atoms with Crippen molar-refractivity contribution in [2.75, 3.05) is 6.54 Å². The first-order valence-corrected chi connectivity index (χ1v) is 7.10. The van der Waals surface area contributed by atoms with Gasteiger partial charge in [0.05, 0.1) is 11.1 Å². The number of halogens is 1. The molecule has 0 aromatic heterocycles. The van der Waals surface area contributed by atoms with Crippen LogP contribution in [-0.2, 0) is 0 Å². The highest BCUT2D eigenvalue weighted by atomic mass is 79.9. The van der Waals surface area contributed by atoms with Crippen molar-refractivity contribution in [3.63, 3.8) is 0 Å². The Morgan fingerprint density at radius 3 is 2.50 bits per heavy atom. The quantitative estimate of drug-likeness (QED) is 0.615. The van der Waals surface area contributed by atoms with Gasteiger partial charge >= 0.3 is 0 Å². The van der Waals surface area contributed by atoms with Gasteiger partial charge in [0.2, 0.25) is 0 Å². The molecular formula is C14H16BrNO2. The first-order chi connectivity index (χ1) is 8.65. The average Bonchev–Trinajstić information content (AvgIpc) is 2.59. The van der Waals surface area contributed by atoms with Crippen LogP contribution in [0.4, 0.5) is 0 Å². The normalized spacial score (nSPS) is 14.2. The van der Waals surface area contributed by atoms with E-state index in [1.165, 1.54) is 4.90 Å². The van der Waals surface area contributed by atoms with Gasteiger partial charge in [0.1, 0.15) is 0 Å². The number of nitrogens with zero attached hydrogens (tertiary/aromatic N) is 1. The summed E-state index contributed by atoms with van der Waals surface area (Å²) in [5.41, 5.74) is 1.04. The first kappa shape index (κ1) is 13.3. The van der Waals surface area contributed by atoms with Gasteiger partial charge in [-0.15, -0.1) is 0 Å². The van der Waals surface area contributed by atoms with Crippen LogP contribution in [0.25, 0.3) is 0 Å². The third-order valence-electron chi connectivity index (χ3n) is 3.17. The monoisotopic (exact) mass is 309 g/mol. The summed E-state index contributed by atoms with van der Waals surface area (Å²) in [6, 6.07) is 5.23. The molecular weight excluding hydrogens is 294 g/mol. The van der Waals surface area contributed by atoms with Gasteiger partial charge in [-0.2, -0.15) is 0 Å². The maximum absolute atomic E-state index is 12.1. The highest BCUT2D eigenvalue weighted by molar-refractivity contribution is 9.10. The molecule has 0 aliphatic carbocycles. The van der Waals surface area contributed by atoms with Gasteiger partial charge in [-0.05, 0) is 24.6 Å². The minimum Gasteiger partial charge on any atom is -0.274 e. The summed E-state index contributed by atoms with van der Waals surface area (Å²) in [7, 11) is 0. The molecule has 0 atom stereocenters. The molecule has 1 aromatic rings. The molecule has 0 saturated carbocycles. The summed E-state index contributed by atoms with van der Waals surface area (Å²) < 4.78 is 0.829. The van der Waals surface area contributed by atoms with Crippen LogP contribution in [0.5, 0.6) is 0 Å². The highest BCUT2D eigenvalue weighted by Gasteiger charge is 2.34. The zero-order valence-electron chi connectivity index (χ0n) is 10.4. The highest BCUT2D eigenvalue weighted by Crippen LogP contribution is 2.26. The summed E-state index contributed by atoms with van der Waals surface area (Å²) in [4.78, 5) is 25.5. The molecule has 0 fully saturated rings. The van der Waals surface area contributed by atoms with Crippen molar-refractivity contribution in [1.29, 1.82) is 0 Å². The standard InChI is InChI=1S/C14H16BrNO2/c1-2-3-4-5-8-16-13(17)11-7-6-10(15)9-12(11)14(16)18/h6-7,9H,2-5,8H2,1H3. The third-order valence-corrected chi connectivity index (χ3v) is 3.66. The molecule has 0 N–H and O–H groups in total. The lowest BCUT2D eigenvalue weighted by Crippen LogP contribution is -2.30. The molecule has 0 spiro atoms. The summed E-state index contributed by atoms with van der Waals surface area (Å²) in [5, 5.41) is 0. The Balaban J connectivity index is 2.08. The number of hydrogen-bond donors (Lipinski definition) is 0. The lowest BCUT2D eigenvalue weighted by Gasteiger charge is -2.13. The minimum atomic E-state index is -0.159. The van der Waals surface area contributed by atoms with Crippen LogP contribution < -0.4 is 0 Å². The van der Waals surface area contributed by atoms with Crippen molar-refractivity contribution >= 4 is 27.7 Å². The summed E-state index contributed by atoms with van der Waals surface area (Å²) in [6.45, 7) is 2.67. The Hall–Kier alpha value is -1.16. The number of rotatable bonds is 5. The lowest BCUT2D eigenvalue weighted by atomic mass is 10.1. The van der Waals surface area contributed by atoms with Gasteiger partial charge in [-0.25, -0.2) is 0 Å². The molecule has 96 valence electrons. The van der Waals surface area contributed by atoms with E-state index in [1.807, 2.05) is 0 Å². The molecule has 1 aromatic carbocycles. The molecule has 1 aliphatic heterocycles. The Morgan fingerprint density at radius 1 is 1.06 bits per heavy atom. The predicted molar refractivity (Wildman–Crippen MR) is 73.7 cm³/mol. The number of carbonyl (C=O) groups excluding carboxylic acids is 2. The number of carbonyl (C=O) groups is 2. The van der Waals surface area contributed by atoms with Gasteiger partial charge in [-0.1, -0.05) is 42.1 Å². The molecule has 0 saturated heterocycles. The second-order valence-corrected chi connectivity index (χ2v) is 5.43. The van der Waals surface area contributed by atoms with Gasteiger partial charge in [-0.3, -0.25) is 14.5 Å². The van der Waals surface area contributed by atoms with E-state index in [1.54, 1.807) is 18.2 Å². The fourth-order valence-electron chi connectivity index (χ4n) is 2.16. The number of imide groups is 1. The van der Waals surface area contributed by atoms with Gasteiger partial charge in [0.25, 0.3) is 11.8 Å². The van der Waals surface area contributed by atoms with E-state index in [0.29, 0.717) is 17.7 Å². The fourth-order valence-corrected chi connectivity index (χ4v) is 2.52. The second kappa shape index (κ2) is 5.65. The second-order valence-electron chi connectivity index (χ2n) is 4.51. The van der Waals surface area contributed by atoms with Crippen molar-refractivity contribution in [2.24, 2.45) is 0 Å². The maximum Gasteiger partial charge on any atom is 0.261 e. The smallest absolute Gasteiger partial charge is 0.261 e. The minimum absolute atomic E-state index is 0.154. The largest absolute Gasteiger partial charge is 0.274 e. The number of benzene rings is 1. The van der Waals surface area contributed by atoms with E-state index in [4.69, 9.17) is 0 Å². The van der Waals surface area contributed by atoms with Crippen molar-refractivity contribution in [3.05, 3.63) is 33.8 Å². The number of fused-ring (bicyclic) bond motifs is 1. The van der Waals surface area contributed by atoms with Crippen LogP contribution in [0.2, 0.25) is 0 Å². The molecule has 18 heavy (non-hydrogen) atoms. The average molecular weight is 310 g/mol. The molecule has 0 unspecified atom stereocenters. The van der Waals surface area contributed by atoms with Crippen molar-refractivity contribution in [2.45, 2.75) is 32.6 Å². The Labute approximate surface area is 115 Å². The SMILES string of the molecule is CCCCCCN1C(=O)c2ccc(Br)cc2C1=O. The van der Waals surface area contributed by atoms with E-state index in [0.717, 1.165) is 30.2 Å². The molecule has 1 heterocycles. The molecule has 2 amide bonds. The van der Waals surface area contributed by atoms with E-state index < -0.39 is 0 Å². The van der Waals surface area contributed by atoms with Crippen LogP contribution in [-0.4, -0.2) is 23.3 Å². The predicted octanol–water partition coefficient (Wildman–Crippen LogP) is 3.63. The van der Waals surface area contributed by atoms with E-state index >= 15 is 0 Å². The Morgan fingerprint density at radius 2 is 1.78 bits per heavy atom. The van der Waals surface area contributed by atoms with E-state index in [2.05, 4.69) is 22.9 Å². The summed E-state index contributed by atoms with van der Waals surface area (Å²) in [6.07, 6.45) is 4.25. The third kappa shape index (κ3) is 2.48. The van der Waals surface area contributed by atoms with Crippen molar-refractivity contribution in [1.82, 2.24) is 4.90 Å². The van der Waals surface area contributed by atoms with Gasteiger partial charge < -0.3 is 0 Å².